The molecule has 0 saturated heterocycles. The van der Waals surface area contributed by atoms with Crippen molar-refractivity contribution in [2.75, 3.05) is 6.61 Å². The van der Waals surface area contributed by atoms with E-state index in [9.17, 15) is 0 Å². The van der Waals surface area contributed by atoms with Crippen LogP contribution >= 0.6 is 23.2 Å². The maximum atomic E-state index is 6.36. The van der Waals surface area contributed by atoms with E-state index in [0.717, 1.165) is 6.42 Å². The van der Waals surface area contributed by atoms with Crippen molar-refractivity contribution < 1.29 is 4.43 Å². The Kier molecular flexibility index (Phi) is 4.09. The second kappa shape index (κ2) is 4.40. The van der Waals surface area contributed by atoms with Gasteiger partial charge in [-0.3, -0.25) is 0 Å². The van der Waals surface area contributed by atoms with Crippen LogP contribution < -0.4 is 0 Å². The fraction of sp³-hybridized carbons (Fsp3) is 1.00. The largest absolute Gasteiger partial charge is 0.416 e. The van der Waals surface area contributed by atoms with E-state index in [0.29, 0.717) is 12.5 Å². The molecule has 0 N–H and O–H groups in total. The summed E-state index contributed by atoms with van der Waals surface area (Å²) in [6, 6.07) is 0. The van der Waals surface area contributed by atoms with Crippen molar-refractivity contribution in [3.05, 3.63) is 0 Å². The molecule has 0 amide bonds. The van der Waals surface area contributed by atoms with Crippen LogP contribution in [0.25, 0.3) is 0 Å². The molecule has 0 spiro atoms. The molecule has 0 radical (unpaired) electrons. The molecule has 1 aliphatic rings. The van der Waals surface area contributed by atoms with E-state index in [1.807, 2.05) is 0 Å². The lowest BCUT2D eigenvalue weighted by Gasteiger charge is -2.37. The molecule has 0 heterocycles. The van der Waals surface area contributed by atoms with E-state index in [-0.39, 0.29) is 10.5 Å². The van der Waals surface area contributed by atoms with E-state index in [4.69, 9.17) is 27.6 Å². The molecule has 102 valence electrons. The maximum Gasteiger partial charge on any atom is 0.192 e. The van der Waals surface area contributed by atoms with Gasteiger partial charge in [0.1, 0.15) is 4.33 Å². The van der Waals surface area contributed by atoms with E-state index < -0.39 is 12.7 Å². The topological polar surface area (TPSA) is 9.23 Å². The smallest absolute Gasteiger partial charge is 0.192 e. The minimum absolute atomic E-state index is 0.0361. The van der Waals surface area contributed by atoms with Crippen LogP contribution in [0, 0.1) is 11.3 Å². The molecule has 1 nitrogen and oxygen atoms in total. The molecule has 2 unspecified atom stereocenters. The number of rotatable bonds is 4. The van der Waals surface area contributed by atoms with Crippen LogP contribution in [0.2, 0.25) is 18.1 Å². The van der Waals surface area contributed by atoms with Crippen LogP contribution in [0.3, 0.4) is 0 Å². The molecular weight excluding hydrogens is 271 g/mol. The van der Waals surface area contributed by atoms with Gasteiger partial charge in [0.25, 0.3) is 0 Å². The van der Waals surface area contributed by atoms with Gasteiger partial charge >= 0.3 is 0 Å². The fourth-order valence-corrected chi connectivity index (χ4v) is 4.16. The van der Waals surface area contributed by atoms with Crippen LogP contribution in [0.15, 0.2) is 0 Å². The number of hydrogen-bond acceptors (Lipinski definition) is 1. The molecule has 1 fully saturated rings. The van der Waals surface area contributed by atoms with Crippen molar-refractivity contribution in [3.8, 4) is 0 Å². The first-order chi connectivity index (χ1) is 7.42. The van der Waals surface area contributed by atoms with E-state index >= 15 is 0 Å². The Bertz CT molecular complexity index is 296. The van der Waals surface area contributed by atoms with Crippen LogP contribution in [0.1, 0.15) is 41.0 Å². The van der Waals surface area contributed by atoms with Gasteiger partial charge in [0, 0.05) is 17.9 Å². The average molecular weight is 297 g/mol. The van der Waals surface area contributed by atoms with Gasteiger partial charge in [0.05, 0.1) is 0 Å². The highest BCUT2D eigenvalue weighted by atomic mass is 35.5. The quantitative estimate of drug-likeness (QED) is 0.510. The second-order valence-corrected chi connectivity index (χ2v) is 13.1. The van der Waals surface area contributed by atoms with Gasteiger partial charge < -0.3 is 4.43 Å². The van der Waals surface area contributed by atoms with Gasteiger partial charge in [-0.05, 0) is 24.6 Å². The Morgan fingerprint density at radius 1 is 1.24 bits per heavy atom. The first-order valence-corrected chi connectivity index (χ1v) is 10.1. The highest BCUT2D eigenvalue weighted by Gasteiger charge is 2.72. The highest BCUT2D eigenvalue weighted by Crippen LogP contribution is 2.70. The lowest BCUT2D eigenvalue weighted by molar-refractivity contribution is 0.198. The standard InChI is InChI=1S/C13H26Cl2OSi/c1-8-12(10(2)13(12,14)15)9-16-17(6,7)11(3,4)5/h10H,8-9H2,1-7H3. The third-order valence-corrected chi connectivity index (χ3v) is 11.0. The summed E-state index contributed by atoms with van der Waals surface area (Å²) in [4.78, 5) is 0. The van der Waals surface area contributed by atoms with Gasteiger partial charge in [-0.1, -0.05) is 34.6 Å². The molecule has 17 heavy (non-hydrogen) atoms. The molecule has 4 heteroatoms. The zero-order valence-electron chi connectivity index (χ0n) is 12.2. The Hall–Kier alpha value is 0.757. The molecule has 1 aliphatic carbocycles. The Morgan fingerprint density at radius 3 is 1.88 bits per heavy atom. The first kappa shape index (κ1) is 15.8. The lowest BCUT2D eigenvalue weighted by Crippen LogP contribution is -2.42. The van der Waals surface area contributed by atoms with Crippen molar-refractivity contribution in [1.29, 1.82) is 0 Å². The van der Waals surface area contributed by atoms with E-state index in [1.165, 1.54) is 0 Å². The van der Waals surface area contributed by atoms with Crippen LogP contribution in [0.5, 0.6) is 0 Å². The first-order valence-electron chi connectivity index (χ1n) is 6.44. The van der Waals surface area contributed by atoms with Gasteiger partial charge in [-0.15, -0.1) is 23.2 Å². The van der Waals surface area contributed by atoms with E-state index in [2.05, 4.69) is 47.7 Å². The lowest BCUT2D eigenvalue weighted by atomic mass is 10.0. The van der Waals surface area contributed by atoms with Crippen molar-refractivity contribution in [1.82, 2.24) is 0 Å². The summed E-state index contributed by atoms with van der Waals surface area (Å²) in [6.07, 6.45) is 0.982. The predicted octanol–water partition coefficient (Wildman–Crippen LogP) is 5.23. The summed E-state index contributed by atoms with van der Waals surface area (Å²) < 4.78 is 5.69. The van der Waals surface area contributed by atoms with Crippen molar-refractivity contribution in [2.45, 2.75) is 63.5 Å². The minimum Gasteiger partial charge on any atom is -0.416 e. The molecule has 0 bridgehead atoms. The molecule has 2 atom stereocenters. The number of halogens is 2. The summed E-state index contributed by atoms with van der Waals surface area (Å²) in [5.41, 5.74) is -0.0361. The molecule has 0 aromatic rings. The van der Waals surface area contributed by atoms with Gasteiger partial charge in [-0.25, -0.2) is 0 Å². The Labute approximate surface area is 117 Å². The fourth-order valence-electron chi connectivity index (χ4n) is 2.10. The predicted molar refractivity (Wildman–Crippen MR) is 79.5 cm³/mol. The molecule has 1 saturated carbocycles. The molecule has 0 aromatic carbocycles. The minimum atomic E-state index is -1.70. The van der Waals surface area contributed by atoms with Gasteiger partial charge in [0.15, 0.2) is 8.32 Å². The molecular formula is C13H26Cl2OSi. The van der Waals surface area contributed by atoms with Crippen LogP contribution in [-0.2, 0) is 4.43 Å². The molecule has 1 rings (SSSR count). The normalized spacial score (nSPS) is 32.6. The van der Waals surface area contributed by atoms with Crippen molar-refractivity contribution in [3.63, 3.8) is 0 Å². The van der Waals surface area contributed by atoms with Crippen LogP contribution in [0.4, 0.5) is 0 Å². The summed E-state index contributed by atoms with van der Waals surface area (Å²) >= 11 is 12.7. The monoisotopic (exact) mass is 296 g/mol. The zero-order chi connectivity index (χ0) is 13.7. The SMILES string of the molecule is CCC1(CO[Si](C)(C)C(C)(C)C)C(C)C1(Cl)Cl. The zero-order valence-corrected chi connectivity index (χ0v) is 14.7. The summed E-state index contributed by atoms with van der Waals surface area (Å²) in [5.74, 6) is 0.327. The summed E-state index contributed by atoms with van der Waals surface area (Å²) in [6.45, 7) is 16.3. The Morgan fingerprint density at radius 2 is 1.65 bits per heavy atom. The second-order valence-electron chi connectivity index (χ2n) is 6.90. The average Bonchev–Trinajstić information content (AvgIpc) is 2.58. The van der Waals surface area contributed by atoms with E-state index in [1.54, 1.807) is 0 Å². The maximum absolute atomic E-state index is 6.36. The van der Waals surface area contributed by atoms with Gasteiger partial charge in [-0.2, -0.15) is 0 Å². The molecule has 0 aromatic heterocycles. The Balaban J connectivity index is 2.70. The summed E-state index contributed by atoms with van der Waals surface area (Å²) in [7, 11) is -1.70. The molecule has 0 aliphatic heterocycles. The van der Waals surface area contributed by atoms with Gasteiger partial charge in [0.2, 0.25) is 0 Å². The highest BCUT2D eigenvalue weighted by molar-refractivity contribution is 6.74. The van der Waals surface area contributed by atoms with Crippen molar-refractivity contribution in [2.24, 2.45) is 11.3 Å². The number of alkyl halides is 2. The third-order valence-electron chi connectivity index (χ3n) is 5.08. The number of hydrogen-bond donors (Lipinski definition) is 0. The third kappa shape index (κ3) is 2.43. The summed E-state index contributed by atoms with van der Waals surface area (Å²) in [5, 5.41) is 0.237. The van der Waals surface area contributed by atoms with Crippen molar-refractivity contribution >= 4 is 31.5 Å². The van der Waals surface area contributed by atoms with Crippen LogP contribution in [-0.4, -0.2) is 19.3 Å².